The lowest BCUT2D eigenvalue weighted by Gasteiger charge is -2.36. The first-order chi connectivity index (χ1) is 16.9. The summed E-state index contributed by atoms with van der Waals surface area (Å²) in [5, 5.41) is 9.21. The van der Waals surface area contributed by atoms with Crippen molar-refractivity contribution in [1.29, 1.82) is 0 Å². The van der Waals surface area contributed by atoms with Crippen LogP contribution in [0.4, 0.5) is 10.1 Å². The summed E-state index contributed by atoms with van der Waals surface area (Å²) < 4.78 is 25.6. The molecule has 1 aliphatic heterocycles. The summed E-state index contributed by atoms with van der Waals surface area (Å²) in [7, 11) is 3.57. The van der Waals surface area contributed by atoms with Crippen molar-refractivity contribution in [1.82, 2.24) is 0 Å². The van der Waals surface area contributed by atoms with Crippen LogP contribution >= 0.6 is 0 Å². The van der Waals surface area contributed by atoms with Gasteiger partial charge in [-0.05, 0) is 53.4 Å². The predicted octanol–water partition coefficient (Wildman–Crippen LogP) is 6.50. The third-order valence-corrected chi connectivity index (χ3v) is 6.36. The first-order valence-corrected chi connectivity index (χ1v) is 12.0. The molecule has 5 nitrogen and oxygen atoms in total. The molecule has 6 heteroatoms. The van der Waals surface area contributed by atoms with Crippen LogP contribution in [-0.2, 0) is 11.2 Å². The van der Waals surface area contributed by atoms with Crippen molar-refractivity contribution in [3.8, 4) is 22.6 Å². The van der Waals surface area contributed by atoms with Crippen molar-refractivity contribution in [2.45, 2.75) is 38.6 Å². The Balaban J connectivity index is 0.000000894. The fraction of sp³-hybridized carbons (Fsp3) is 0.345. The molecule has 0 aromatic heterocycles. The molecular weight excluding hydrogens is 445 g/mol. The number of halogens is 1. The number of hydrogen-bond acceptors (Lipinski definition) is 4. The van der Waals surface area contributed by atoms with Gasteiger partial charge in [0, 0.05) is 12.6 Å². The number of hydrogen-bond donors (Lipinski definition) is 1. The number of carboxylic acid groups (broad SMARTS) is 1. The standard InChI is InChI=1S/C26H26FNO4.C3H6/c1-16(26(29)30)12-17-4-11-25-23(13-17)28(2)24(15-32-25)19-7-5-18(6-8-19)21-14-20(31-3)9-10-22(21)27;1-2-3-1/h4-11,13-14,16,24H,12,15H2,1-3H3,(H,29,30);1-3H2. The Morgan fingerprint density at radius 3 is 2.46 bits per heavy atom. The molecule has 0 bridgehead atoms. The number of carbonyl (C=O) groups is 1. The normalized spacial score (nSPS) is 16.8. The highest BCUT2D eigenvalue weighted by Crippen LogP contribution is 2.39. The second kappa shape index (κ2) is 10.8. The molecule has 2 unspecified atom stereocenters. The molecule has 0 amide bonds. The van der Waals surface area contributed by atoms with Crippen molar-refractivity contribution in [2.24, 2.45) is 5.92 Å². The Morgan fingerprint density at radius 2 is 1.83 bits per heavy atom. The zero-order valence-electron chi connectivity index (χ0n) is 20.5. The van der Waals surface area contributed by atoms with Gasteiger partial charge in [0.05, 0.1) is 24.8 Å². The van der Waals surface area contributed by atoms with E-state index in [2.05, 4.69) is 4.90 Å². The van der Waals surface area contributed by atoms with Crippen LogP contribution in [0.25, 0.3) is 11.1 Å². The Kier molecular flexibility index (Phi) is 7.59. The van der Waals surface area contributed by atoms with Gasteiger partial charge >= 0.3 is 5.97 Å². The average Bonchev–Trinajstić information content (AvgIpc) is 3.75. The van der Waals surface area contributed by atoms with Crippen molar-refractivity contribution in [3.05, 3.63) is 77.6 Å². The fourth-order valence-electron chi connectivity index (χ4n) is 4.03. The molecule has 1 heterocycles. The number of anilines is 1. The van der Waals surface area contributed by atoms with E-state index >= 15 is 0 Å². The molecule has 2 aliphatic rings. The van der Waals surface area contributed by atoms with Gasteiger partial charge in [0.15, 0.2) is 0 Å². The molecule has 1 N–H and O–H groups in total. The van der Waals surface area contributed by atoms with Crippen LogP contribution in [0.15, 0.2) is 60.7 Å². The minimum Gasteiger partial charge on any atom is -0.497 e. The zero-order valence-corrected chi connectivity index (χ0v) is 20.5. The Labute approximate surface area is 206 Å². The maximum Gasteiger partial charge on any atom is 0.306 e. The Bertz CT molecular complexity index is 1170. The summed E-state index contributed by atoms with van der Waals surface area (Å²) in [6.45, 7) is 2.19. The van der Waals surface area contributed by atoms with Gasteiger partial charge < -0.3 is 19.5 Å². The van der Waals surface area contributed by atoms with Crippen molar-refractivity contribution < 1.29 is 23.8 Å². The number of aliphatic carboxylic acids is 1. The number of benzene rings is 3. The number of nitrogens with zero attached hydrogens (tertiary/aromatic N) is 1. The number of rotatable bonds is 6. The first kappa shape index (κ1) is 24.6. The van der Waals surface area contributed by atoms with Gasteiger partial charge in [-0.25, -0.2) is 4.39 Å². The third-order valence-electron chi connectivity index (χ3n) is 6.36. The highest BCUT2D eigenvalue weighted by molar-refractivity contribution is 5.70. The summed E-state index contributed by atoms with van der Waals surface area (Å²) in [5.41, 5.74) is 4.20. The third kappa shape index (κ3) is 5.94. The maximum atomic E-state index is 14.3. The molecule has 35 heavy (non-hydrogen) atoms. The van der Waals surface area contributed by atoms with E-state index in [0.717, 1.165) is 28.1 Å². The van der Waals surface area contributed by atoms with Gasteiger partial charge in [-0.1, -0.05) is 56.5 Å². The van der Waals surface area contributed by atoms with Crippen LogP contribution in [0.3, 0.4) is 0 Å². The molecule has 1 saturated carbocycles. The van der Waals surface area contributed by atoms with Gasteiger partial charge in [0.1, 0.15) is 23.9 Å². The zero-order chi connectivity index (χ0) is 24.9. The largest absolute Gasteiger partial charge is 0.497 e. The van der Waals surface area contributed by atoms with E-state index in [0.29, 0.717) is 24.3 Å². The predicted molar refractivity (Wildman–Crippen MR) is 136 cm³/mol. The first-order valence-electron chi connectivity index (χ1n) is 12.0. The quantitative estimate of drug-likeness (QED) is 0.439. The van der Waals surface area contributed by atoms with E-state index in [-0.39, 0.29) is 11.9 Å². The average molecular weight is 478 g/mol. The van der Waals surface area contributed by atoms with Gasteiger partial charge in [-0.3, -0.25) is 4.79 Å². The molecule has 3 aromatic carbocycles. The van der Waals surface area contributed by atoms with E-state index < -0.39 is 11.9 Å². The van der Waals surface area contributed by atoms with Crippen LogP contribution in [-0.4, -0.2) is 31.8 Å². The number of carboxylic acids is 1. The molecule has 5 rings (SSSR count). The number of methoxy groups -OCH3 is 1. The molecule has 0 saturated heterocycles. The van der Waals surface area contributed by atoms with Crippen molar-refractivity contribution in [2.75, 3.05) is 25.7 Å². The van der Waals surface area contributed by atoms with Crippen molar-refractivity contribution >= 4 is 11.7 Å². The Morgan fingerprint density at radius 1 is 1.11 bits per heavy atom. The lowest BCUT2D eigenvalue weighted by molar-refractivity contribution is -0.141. The van der Waals surface area contributed by atoms with Crippen LogP contribution in [0.2, 0.25) is 0 Å². The minimum absolute atomic E-state index is 0.0150. The second-order valence-electron chi connectivity index (χ2n) is 9.21. The second-order valence-corrected chi connectivity index (χ2v) is 9.21. The van der Waals surface area contributed by atoms with E-state index in [4.69, 9.17) is 9.47 Å². The highest BCUT2D eigenvalue weighted by atomic mass is 19.1. The summed E-state index contributed by atoms with van der Waals surface area (Å²) >= 11 is 0. The van der Waals surface area contributed by atoms with Gasteiger partial charge in [0.25, 0.3) is 0 Å². The van der Waals surface area contributed by atoms with E-state index in [1.54, 1.807) is 26.2 Å². The van der Waals surface area contributed by atoms with Gasteiger partial charge in [-0.15, -0.1) is 0 Å². The molecule has 2 atom stereocenters. The van der Waals surface area contributed by atoms with E-state index in [9.17, 15) is 14.3 Å². The summed E-state index contributed by atoms with van der Waals surface area (Å²) in [6.07, 6.45) is 4.96. The summed E-state index contributed by atoms with van der Waals surface area (Å²) in [5.74, 6) is -0.171. The number of fused-ring (bicyclic) bond motifs is 1. The van der Waals surface area contributed by atoms with Crippen LogP contribution in [0, 0.1) is 11.7 Å². The van der Waals surface area contributed by atoms with Crippen LogP contribution in [0.1, 0.15) is 43.4 Å². The van der Waals surface area contributed by atoms with Crippen LogP contribution in [0.5, 0.6) is 11.5 Å². The topological polar surface area (TPSA) is 59.0 Å². The minimum atomic E-state index is -0.808. The van der Waals surface area contributed by atoms with Crippen molar-refractivity contribution in [3.63, 3.8) is 0 Å². The Hall–Kier alpha value is -3.54. The molecule has 1 aliphatic carbocycles. The fourth-order valence-corrected chi connectivity index (χ4v) is 4.03. The molecule has 0 spiro atoms. The molecule has 0 radical (unpaired) electrons. The molecule has 3 aromatic rings. The lowest BCUT2D eigenvalue weighted by atomic mass is 9.97. The van der Waals surface area contributed by atoms with E-state index in [1.807, 2.05) is 49.5 Å². The summed E-state index contributed by atoms with van der Waals surface area (Å²) in [6, 6.07) is 18.3. The molecule has 1 fully saturated rings. The number of likely N-dealkylation sites (N-methyl/N-ethyl adjacent to an activating group) is 1. The lowest BCUT2D eigenvalue weighted by Crippen LogP contribution is -2.33. The smallest absolute Gasteiger partial charge is 0.306 e. The SMILES string of the molecule is C1CC1.COc1ccc(F)c(-c2ccc(C3COc4ccc(CC(C)C(=O)O)cc4N3C)cc2)c1. The molecular formula is C29H32FNO4. The monoisotopic (exact) mass is 477 g/mol. The summed E-state index contributed by atoms with van der Waals surface area (Å²) in [4.78, 5) is 13.4. The maximum absolute atomic E-state index is 14.3. The highest BCUT2D eigenvalue weighted by Gasteiger charge is 2.27. The molecule has 184 valence electrons. The van der Waals surface area contributed by atoms with Gasteiger partial charge in [0.2, 0.25) is 0 Å². The van der Waals surface area contributed by atoms with Gasteiger partial charge in [-0.2, -0.15) is 0 Å². The number of ether oxygens (including phenoxy) is 2. The van der Waals surface area contributed by atoms with Crippen LogP contribution < -0.4 is 14.4 Å². The van der Waals surface area contributed by atoms with E-state index in [1.165, 1.54) is 25.3 Å².